The lowest BCUT2D eigenvalue weighted by Gasteiger charge is -2.42. The Hall–Kier alpha value is -1.30. The fourth-order valence-electron chi connectivity index (χ4n) is 3.05. The third kappa shape index (κ3) is 4.95. The minimum Gasteiger partial charge on any atom is -0.379 e. The Morgan fingerprint density at radius 2 is 1.56 bits per heavy atom. The maximum absolute atomic E-state index is 12.8. The molecule has 2 aromatic carbocycles. The smallest absolute Gasteiger partial charge is 0.252 e. The molecule has 2 aromatic rings. The van der Waals surface area contributed by atoms with Crippen molar-refractivity contribution in [2.75, 3.05) is 26.3 Å². The van der Waals surface area contributed by atoms with Crippen LogP contribution in [0.15, 0.2) is 60.7 Å². The van der Waals surface area contributed by atoms with E-state index in [1.54, 1.807) is 12.1 Å². The molecule has 1 N–H and O–H groups in total. The van der Waals surface area contributed by atoms with E-state index in [1.165, 1.54) is 0 Å². The van der Waals surface area contributed by atoms with Crippen LogP contribution in [-0.2, 0) is 4.74 Å². The first-order valence-corrected chi connectivity index (χ1v) is 9.94. The molecule has 2 atom stereocenters. The van der Waals surface area contributed by atoms with Gasteiger partial charge < -0.3 is 10.1 Å². The van der Waals surface area contributed by atoms with Crippen LogP contribution in [0.25, 0.3) is 0 Å². The first kappa shape index (κ1) is 20.4. The Morgan fingerprint density at radius 1 is 1.00 bits per heavy atom. The summed E-state index contributed by atoms with van der Waals surface area (Å²) >= 11 is 20.2. The average Bonchev–Trinajstić information content (AvgIpc) is 2.73. The third-order valence-corrected chi connectivity index (χ3v) is 6.18. The summed E-state index contributed by atoms with van der Waals surface area (Å²) in [5, 5.41) is 2.26. The molecule has 27 heavy (non-hydrogen) atoms. The minimum atomic E-state index is -1.45. The Balaban J connectivity index is 1.87. The van der Waals surface area contributed by atoms with Gasteiger partial charge in [0, 0.05) is 18.7 Å². The van der Waals surface area contributed by atoms with Crippen LogP contribution in [0.3, 0.4) is 0 Å². The standard InChI is InChI=1S/C20H21Cl3N2O2/c21-17(15-7-3-1-4-8-15)20(22,23)19(25-11-13-27-14-12-25)24-18(26)16-9-5-2-6-10-16/h1-10,17,19H,11-14H2,(H,24,26)/t17-,19-/m1/s1. The lowest BCUT2D eigenvalue weighted by molar-refractivity contribution is 0.00484. The van der Waals surface area contributed by atoms with E-state index in [-0.39, 0.29) is 5.91 Å². The number of amides is 1. The number of hydrogen-bond donors (Lipinski definition) is 1. The molecule has 4 nitrogen and oxygen atoms in total. The van der Waals surface area contributed by atoms with E-state index in [1.807, 2.05) is 53.4 Å². The highest BCUT2D eigenvalue weighted by molar-refractivity contribution is 6.52. The number of carbonyl (C=O) groups excluding carboxylic acids is 1. The monoisotopic (exact) mass is 426 g/mol. The van der Waals surface area contributed by atoms with E-state index in [9.17, 15) is 4.79 Å². The molecule has 0 radical (unpaired) electrons. The van der Waals surface area contributed by atoms with E-state index >= 15 is 0 Å². The molecule has 1 fully saturated rings. The highest BCUT2D eigenvalue weighted by Gasteiger charge is 2.46. The number of nitrogens with zero attached hydrogens (tertiary/aromatic N) is 1. The summed E-state index contributed by atoms with van der Waals surface area (Å²) in [6, 6.07) is 18.3. The molecule has 0 spiro atoms. The summed E-state index contributed by atoms with van der Waals surface area (Å²) in [6.07, 6.45) is -0.680. The minimum absolute atomic E-state index is 0.255. The van der Waals surface area contributed by atoms with Gasteiger partial charge >= 0.3 is 0 Å². The fraction of sp³-hybridized carbons (Fsp3) is 0.350. The van der Waals surface area contributed by atoms with Gasteiger partial charge in [0.25, 0.3) is 5.91 Å². The number of carbonyl (C=O) groups is 1. The van der Waals surface area contributed by atoms with Gasteiger partial charge in [-0.1, -0.05) is 71.7 Å². The molecule has 0 saturated carbocycles. The summed E-state index contributed by atoms with van der Waals surface area (Å²) in [6.45, 7) is 2.28. The molecule has 144 valence electrons. The second kappa shape index (κ2) is 9.26. The van der Waals surface area contributed by atoms with Gasteiger partial charge in [-0.3, -0.25) is 9.69 Å². The van der Waals surface area contributed by atoms with Gasteiger partial charge in [0.15, 0.2) is 4.33 Å². The molecular formula is C20H21Cl3N2O2. The SMILES string of the molecule is O=C(N[C@H](N1CCOCC1)C(Cl)(Cl)[C@H](Cl)c1ccccc1)c1ccccc1. The lowest BCUT2D eigenvalue weighted by Crippen LogP contribution is -2.60. The van der Waals surface area contributed by atoms with Crippen molar-refractivity contribution < 1.29 is 9.53 Å². The summed E-state index contributed by atoms with van der Waals surface area (Å²) < 4.78 is 3.97. The van der Waals surface area contributed by atoms with Gasteiger partial charge in [-0.15, -0.1) is 11.6 Å². The van der Waals surface area contributed by atoms with Crippen LogP contribution in [0.4, 0.5) is 0 Å². The Kier molecular flexibility index (Phi) is 7.01. The second-order valence-corrected chi connectivity index (χ2v) is 8.22. The topological polar surface area (TPSA) is 41.6 Å². The highest BCUT2D eigenvalue weighted by atomic mass is 35.5. The number of halogens is 3. The van der Waals surface area contributed by atoms with Crippen LogP contribution in [0.5, 0.6) is 0 Å². The zero-order valence-corrected chi connectivity index (χ0v) is 16.9. The first-order chi connectivity index (χ1) is 13.0. The normalized spacial score (nSPS) is 17.9. The summed E-state index contributed by atoms with van der Waals surface area (Å²) in [5.74, 6) is -0.255. The molecule has 0 unspecified atom stereocenters. The van der Waals surface area contributed by atoms with Crippen LogP contribution < -0.4 is 5.32 Å². The van der Waals surface area contributed by atoms with Crippen molar-refractivity contribution in [2.24, 2.45) is 0 Å². The maximum Gasteiger partial charge on any atom is 0.252 e. The van der Waals surface area contributed by atoms with Crippen molar-refractivity contribution in [3.8, 4) is 0 Å². The van der Waals surface area contributed by atoms with Crippen molar-refractivity contribution in [3.05, 3.63) is 71.8 Å². The fourth-order valence-corrected chi connectivity index (χ4v) is 3.95. The average molecular weight is 428 g/mol. The van der Waals surface area contributed by atoms with Crippen LogP contribution >= 0.6 is 34.8 Å². The second-order valence-electron chi connectivity index (χ2n) is 6.34. The molecule has 1 saturated heterocycles. The van der Waals surface area contributed by atoms with Crippen molar-refractivity contribution in [3.63, 3.8) is 0 Å². The maximum atomic E-state index is 12.8. The van der Waals surface area contributed by atoms with E-state index in [0.717, 1.165) is 5.56 Å². The zero-order chi connectivity index (χ0) is 19.3. The van der Waals surface area contributed by atoms with E-state index < -0.39 is 15.9 Å². The number of nitrogens with one attached hydrogen (secondary N) is 1. The van der Waals surface area contributed by atoms with Crippen LogP contribution in [0, 0.1) is 0 Å². The zero-order valence-electron chi connectivity index (χ0n) is 14.7. The molecule has 1 amide bonds. The number of ether oxygens (including phenoxy) is 1. The quantitative estimate of drug-likeness (QED) is 0.702. The molecule has 0 aromatic heterocycles. The molecule has 1 aliphatic rings. The largest absolute Gasteiger partial charge is 0.379 e. The summed E-state index contributed by atoms with van der Waals surface area (Å²) in [4.78, 5) is 14.8. The lowest BCUT2D eigenvalue weighted by atomic mass is 10.1. The predicted octanol–water partition coefficient (Wildman–Crippen LogP) is 4.23. The highest BCUT2D eigenvalue weighted by Crippen LogP contribution is 2.44. The van der Waals surface area contributed by atoms with E-state index in [2.05, 4.69) is 5.32 Å². The van der Waals surface area contributed by atoms with Gasteiger partial charge in [-0.05, 0) is 17.7 Å². The van der Waals surface area contributed by atoms with Gasteiger partial charge in [0.1, 0.15) is 6.17 Å². The summed E-state index contributed by atoms with van der Waals surface area (Å²) in [7, 11) is 0. The summed E-state index contributed by atoms with van der Waals surface area (Å²) in [5.41, 5.74) is 1.32. The van der Waals surface area contributed by atoms with E-state index in [0.29, 0.717) is 31.9 Å². The molecule has 1 heterocycles. The third-order valence-electron chi connectivity index (χ3n) is 4.51. The van der Waals surface area contributed by atoms with E-state index in [4.69, 9.17) is 39.5 Å². The Labute approximate surface area is 174 Å². The Bertz CT molecular complexity index is 737. The predicted molar refractivity (Wildman–Crippen MR) is 110 cm³/mol. The molecule has 3 rings (SSSR count). The first-order valence-electron chi connectivity index (χ1n) is 8.74. The molecule has 0 aliphatic carbocycles. The van der Waals surface area contributed by atoms with Crippen LogP contribution in [0.1, 0.15) is 21.3 Å². The molecule has 7 heteroatoms. The number of alkyl halides is 3. The van der Waals surface area contributed by atoms with Crippen molar-refractivity contribution in [2.45, 2.75) is 15.9 Å². The Morgan fingerprint density at radius 3 is 2.15 bits per heavy atom. The van der Waals surface area contributed by atoms with Gasteiger partial charge in [-0.2, -0.15) is 0 Å². The number of morpholine rings is 1. The molecule has 1 aliphatic heterocycles. The van der Waals surface area contributed by atoms with Crippen LogP contribution in [-0.4, -0.2) is 47.6 Å². The molecular weight excluding hydrogens is 407 g/mol. The van der Waals surface area contributed by atoms with Crippen molar-refractivity contribution in [1.29, 1.82) is 0 Å². The van der Waals surface area contributed by atoms with Crippen molar-refractivity contribution in [1.82, 2.24) is 10.2 Å². The number of benzene rings is 2. The van der Waals surface area contributed by atoms with Gasteiger partial charge in [0.2, 0.25) is 0 Å². The number of rotatable bonds is 6. The molecule has 0 bridgehead atoms. The van der Waals surface area contributed by atoms with Crippen LogP contribution in [0.2, 0.25) is 0 Å². The number of hydrogen-bond acceptors (Lipinski definition) is 3. The van der Waals surface area contributed by atoms with Gasteiger partial charge in [-0.25, -0.2) is 0 Å². The van der Waals surface area contributed by atoms with Gasteiger partial charge in [0.05, 0.1) is 18.6 Å². The van der Waals surface area contributed by atoms with Crippen molar-refractivity contribution >= 4 is 40.7 Å².